The Bertz CT molecular complexity index is 697. The molecule has 0 amide bonds. The average molecular weight is 326 g/mol. The summed E-state index contributed by atoms with van der Waals surface area (Å²) in [5.74, 6) is 0.525. The summed E-state index contributed by atoms with van der Waals surface area (Å²) < 4.78 is 17.7. The van der Waals surface area contributed by atoms with Crippen molar-refractivity contribution in [1.29, 1.82) is 0 Å². The molecule has 0 spiro atoms. The maximum atomic E-state index is 10.3. The van der Waals surface area contributed by atoms with Gasteiger partial charge in [0.1, 0.15) is 6.61 Å². The Balaban J connectivity index is 1.71. The smallest absolute Gasteiger partial charge is 0.494 e. The predicted octanol–water partition coefficient (Wildman–Crippen LogP) is 3.27. The third-order valence-electron chi connectivity index (χ3n) is 4.75. The van der Waals surface area contributed by atoms with Gasteiger partial charge in [0.25, 0.3) is 0 Å². The Morgan fingerprint density at radius 1 is 0.958 bits per heavy atom. The predicted molar refractivity (Wildman–Crippen MR) is 94.6 cm³/mol. The van der Waals surface area contributed by atoms with E-state index in [2.05, 4.69) is 0 Å². The van der Waals surface area contributed by atoms with Gasteiger partial charge in [0, 0.05) is 0 Å². The maximum absolute atomic E-state index is 10.3. The van der Waals surface area contributed by atoms with Crippen LogP contribution in [0.15, 0.2) is 48.5 Å². The first-order chi connectivity index (χ1) is 11.3. The molecule has 0 saturated carbocycles. The highest BCUT2D eigenvalue weighted by atomic mass is 16.7. The normalized spacial score (nSPS) is 18.6. The summed E-state index contributed by atoms with van der Waals surface area (Å²) in [4.78, 5) is 0. The highest BCUT2D eigenvalue weighted by molar-refractivity contribution is 6.62. The number of phenols is 1. The molecule has 1 fully saturated rings. The molecule has 1 heterocycles. The van der Waals surface area contributed by atoms with Gasteiger partial charge < -0.3 is 19.2 Å². The Labute approximate surface area is 143 Å². The Morgan fingerprint density at radius 3 is 2.17 bits per heavy atom. The van der Waals surface area contributed by atoms with E-state index in [-0.39, 0.29) is 5.75 Å². The minimum absolute atomic E-state index is 0.0816. The number of rotatable bonds is 4. The SMILES string of the molecule is CC1(C)OB(c2ccc(OCc3ccccc3)c(O)c2)OC1(C)C. The average Bonchev–Trinajstić information content (AvgIpc) is 2.75. The lowest BCUT2D eigenvalue weighted by molar-refractivity contribution is 0.00578. The lowest BCUT2D eigenvalue weighted by Gasteiger charge is -2.32. The van der Waals surface area contributed by atoms with Gasteiger partial charge >= 0.3 is 7.12 Å². The molecule has 1 saturated heterocycles. The molecule has 3 rings (SSSR count). The molecular formula is C19H23BO4. The van der Waals surface area contributed by atoms with Crippen LogP contribution < -0.4 is 10.2 Å². The molecule has 1 N–H and O–H groups in total. The van der Waals surface area contributed by atoms with E-state index < -0.39 is 18.3 Å². The fourth-order valence-corrected chi connectivity index (χ4v) is 2.52. The minimum Gasteiger partial charge on any atom is -0.504 e. The molecule has 1 aliphatic rings. The van der Waals surface area contributed by atoms with Crippen molar-refractivity contribution in [1.82, 2.24) is 0 Å². The molecule has 24 heavy (non-hydrogen) atoms. The summed E-state index contributed by atoms with van der Waals surface area (Å²) >= 11 is 0. The van der Waals surface area contributed by atoms with E-state index in [1.807, 2.05) is 64.1 Å². The quantitative estimate of drug-likeness (QED) is 0.876. The largest absolute Gasteiger partial charge is 0.504 e. The second kappa shape index (κ2) is 6.15. The van der Waals surface area contributed by atoms with E-state index in [0.29, 0.717) is 12.4 Å². The maximum Gasteiger partial charge on any atom is 0.494 e. The van der Waals surface area contributed by atoms with E-state index in [9.17, 15) is 5.11 Å². The van der Waals surface area contributed by atoms with Gasteiger partial charge in [-0.15, -0.1) is 0 Å². The summed E-state index contributed by atoms with van der Waals surface area (Å²) in [6.45, 7) is 8.42. The van der Waals surface area contributed by atoms with Crippen molar-refractivity contribution in [2.45, 2.75) is 45.5 Å². The lowest BCUT2D eigenvalue weighted by atomic mass is 9.79. The van der Waals surface area contributed by atoms with Crippen molar-refractivity contribution in [2.75, 3.05) is 0 Å². The van der Waals surface area contributed by atoms with Crippen LogP contribution in [0, 0.1) is 0 Å². The molecular weight excluding hydrogens is 303 g/mol. The van der Waals surface area contributed by atoms with Crippen molar-refractivity contribution in [3.63, 3.8) is 0 Å². The molecule has 126 valence electrons. The van der Waals surface area contributed by atoms with Gasteiger partial charge in [-0.25, -0.2) is 0 Å². The third-order valence-corrected chi connectivity index (χ3v) is 4.75. The van der Waals surface area contributed by atoms with E-state index >= 15 is 0 Å². The van der Waals surface area contributed by atoms with Crippen molar-refractivity contribution in [2.24, 2.45) is 0 Å². The topological polar surface area (TPSA) is 47.9 Å². The summed E-state index contributed by atoms with van der Waals surface area (Å²) in [6.07, 6.45) is 0. The molecule has 2 aromatic carbocycles. The Kier molecular flexibility index (Phi) is 4.32. The van der Waals surface area contributed by atoms with E-state index in [1.165, 1.54) is 0 Å². The number of phenolic OH excluding ortho intramolecular Hbond substituents is 1. The Hall–Kier alpha value is -1.98. The number of hydrogen-bond acceptors (Lipinski definition) is 4. The van der Waals surface area contributed by atoms with Crippen molar-refractivity contribution in [3.05, 3.63) is 54.1 Å². The summed E-state index contributed by atoms with van der Waals surface area (Å²) in [6, 6.07) is 15.1. The fraction of sp³-hybridized carbons (Fsp3) is 0.368. The van der Waals surface area contributed by atoms with Crippen LogP contribution in [0.3, 0.4) is 0 Å². The van der Waals surface area contributed by atoms with Gasteiger partial charge in [-0.1, -0.05) is 36.4 Å². The van der Waals surface area contributed by atoms with Crippen LogP contribution in [0.2, 0.25) is 0 Å². The molecule has 0 radical (unpaired) electrons. The standard InChI is InChI=1S/C19H23BO4/c1-18(2)19(3,4)24-20(23-18)15-10-11-17(16(21)12-15)22-13-14-8-6-5-7-9-14/h5-12,21H,13H2,1-4H3. The first kappa shape index (κ1) is 16.9. The van der Waals surface area contributed by atoms with Crippen molar-refractivity contribution < 1.29 is 19.2 Å². The van der Waals surface area contributed by atoms with Gasteiger partial charge in [-0.05, 0) is 50.9 Å². The van der Waals surface area contributed by atoms with Crippen molar-refractivity contribution >= 4 is 12.6 Å². The van der Waals surface area contributed by atoms with Crippen LogP contribution in [0.1, 0.15) is 33.3 Å². The molecule has 0 aromatic heterocycles. The zero-order valence-electron chi connectivity index (χ0n) is 14.6. The van der Waals surface area contributed by atoms with Gasteiger partial charge in [0.2, 0.25) is 0 Å². The van der Waals surface area contributed by atoms with Gasteiger partial charge in [-0.2, -0.15) is 0 Å². The van der Waals surface area contributed by atoms with Crippen LogP contribution in [-0.4, -0.2) is 23.4 Å². The molecule has 0 aliphatic carbocycles. The van der Waals surface area contributed by atoms with Crippen LogP contribution >= 0.6 is 0 Å². The zero-order valence-corrected chi connectivity index (χ0v) is 14.6. The molecule has 5 heteroatoms. The van der Waals surface area contributed by atoms with E-state index in [4.69, 9.17) is 14.0 Å². The molecule has 0 atom stereocenters. The summed E-state index contributed by atoms with van der Waals surface area (Å²) in [5.41, 5.74) is 1.01. The van der Waals surface area contributed by atoms with E-state index in [1.54, 1.807) is 12.1 Å². The third kappa shape index (κ3) is 3.28. The Morgan fingerprint density at radius 2 is 1.58 bits per heavy atom. The highest BCUT2D eigenvalue weighted by Crippen LogP contribution is 2.37. The summed E-state index contributed by atoms with van der Waals surface area (Å²) in [7, 11) is -0.496. The van der Waals surface area contributed by atoms with Gasteiger partial charge in [-0.3, -0.25) is 0 Å². The van der Waals surface area contributed by atoms with Crippen LogP contribution in [0.5, 0.6) is 11.5 Å². The molecule has 1 aliphatic heterocycles. The number of benzene rings is 2. The zero-order chi connectivity index (χ0) is 17.4. The van der Waals surface area contributed by atoms with Crippen LogP contribution in [0.4, 0.5) is 0 Å². The monoisotopic (exact) mass is 326 g/mol. The first-order valence-corrected chi connectivity index (χ1v) is 8.14. The van der Waals surface area contributed by atoms with Crippen LogP contribution in [-0.2, 0) is 15.9 Å². The second-order valence-electron chi connectivity index (χ2n) is 7.09. The number of hydrogen-bond donors (Lipinski definition) is 1. The fourth-order valence-electron chi connectivity index (χ4n) is 2.52. The molecule has 2 aromatic rings. The van der Waals surface area contributed by atoms with Crippen molar-refractivity contribution in [3.8, 4) is 11.5 Å². The first-order valence-electron chi connectivity index (χ1n) is 8.14. The molecule has 0 bridgehead atoms. The molecule has 0 unspecified atom stereocenters. The lowest BCUT2D eigenvalue weighted by Crippen LogP contribution is -2.41. The van der Waals surface area contributed by atoms with Crippen LogP contribution in [0.25, 0.3) is 0 Å². The number of ether oxygens (including phenoxy) is 1. The number of aromatic hydroxyl groups is 1. The summed E-state index contributed by atoms with van der Waals surface area (Å²) in [5, 5.41) is 10.3. The van der Waals surface area contributed by atoms with E-state index in [0.717, 1.165) is 11.0 Å². The highest BCUT2D eigenvalue weighted by Gasteiger charge is 2.51. The minimum atomic E-state index is -0.496. The molecule has 4 nitrogen and oxygen atoms in total. The van der Waals surface area contributed by atoms with Gasteiger partial charge in [0.15, 0.2) is 11.5 Å². The van der Waals surface area contributed by atoms with Gasteiger partial charge in [0.05, 0.1) is 11.2 Å². The second-order valence-corrected chi connectivity index (χ2v) is 7.09.